The lowest BCUT2D eigenvalue weighted by molar-refractivity contribution is -0.534. The van der Waals surface area contributed by atoms with Gasteiger partial charge in [0.05, 0.1) is 5.92 Å². The van der Waals surface area contributed by atoms with Gasteiger partial charge in [0.1, 0.15) is 0 Å². The smallest absolute Gasteiger partial charge is 0.256 e. The Labute approximate surface area is 161 Å². The van der Waals surface area contributed by atoms with E-state index in [9.17, 15) is 14.9 Å². The zero-order chi connectivity index (χ0) is 19.5. The highest BCUT2D eigenvalue weighted by atomic mass is 16.6. The van der Waals surface area contributed by atoms with Crippen LogP contribution in [0.1, 0.15) is 17.0 Å². The van der Waals surface area contributed by atoms with E-state index in [1.165, 1.54) is 0 Å². The van der Waals surface area contributed by atoms with Crippen molar-refractivity contribution >= 4 is 22.4 Å². The van der Waals surface area contributed by atoms with Gasteiger partial charge < -0.3 is 5.32 Å². The summed E-state index contributed by atoms with van der Waals surface area (Å²) in [5.41, 5.74) is 0.958. The van der Waals surface area contributed by atoms with Gasteiger partial charge in [0.25, 0.3) is 11.9 Å². The number of anilines is 1. The van der Waals surface area contributed by atoms with Crippen molar-refractivity contribution in [1.82, 2.24) is 4.90 Å². The molecule has 2 aliphatic rings. The van der Waals surface area contributed by atoms with Crippen molar-refractivity contribution in [3.63, 3.8) is 0 Å². The predicted molar refractivity (Wildman–Crippen MR) is 107 cm³/mol. The molecule has 0 aromatic heterocycles. The number of hydrogen-bond acceptors (Lipinski definition) is 4. The monoisotopic (exact) mass is 373 g/mol. The molecule has 28 heavy (non-hydrogen) atoms. The third-order valence-electron chi connectivity index (χ3n) is 6.26. The third-order valence-corrected chi connectivity index (χ3v) is 6.26. The highest BCUT2D eigenvalue weighted by molar-refractivity contribution is 6.07. The number of rotatable bonds is 2. The molecule has 1 amide bonds. The maximum atomic E-state index is 13.2. The van der Waals surface area contributed by atoms with E-state index in [-0.39, 0.29) is 10.8 Å². The van der Waals surface area contributed by atoms with E-state index in [1.54, 1.807) is 6.07 Å². The number of benzene rings is 3. The summed E-state index contributed by atoms with van der Waals surface area (Å²) >= 11 is 0. The quantitative estimate of drug-likeness (QED) is 0.552. The topological polar surface area (TPSA) is 75.5 Å². The second-order valence-electron chi connectivity index (χ2n) is 7.55. The average molecular weight is 373 g/mol. The van der Waals surface area contributed by atoms with Gasteiger partial charge in [-0.25, -0.2) is 0 Å². The van der Waals surface area contributed by atoms with Crippen molar-refractivity contribution in [3.8, 4) is 0 Å². The zero-order valence-corrected chi connectivity index (χ0v) is 15.3. The molecule has 2 aliphatic heterocycles. The number of nitrogens with zero attached hydrogens (tertiary/aromatic N) is 2. The molecule has 0 saturated carbocycles. The Bertz CT molecular complexity index is 1120. The molecule has 3 aromatic carbocycles. The summed E-state index contributed by atoms with van der Waals surface area (Å²) in [4.78, 5) is 27.1. The van der Waals surface area contributed by atoms with Gasteiger partial charge in [-0.2, -0.15) is 0 Å². The first-order chi connectivity index (χ1) is 13.5. The molecule has 0 unspecified atom stereocenters. The van der Waals surface area contributed by atoms with Crippen molar-refractivity contribution in [2.45, 2.75) is 17.5 Å². The number of para-hydroxylation sites is 1. The molecule has 0 aliphatic carbocycles. The Hall–Kier alpha value is -3.25. The number of nitro groups is 1. The van der Waals surface area contributed by atoms with Gasteiger partial charge in [-0.1, -0.05) is 60.7 Å². The summed E-state index contributed by atoms with van der Waals surface area (Å²) in [6.07, 6.45) is 0. The molecule has 0 bridgehead atoms. The summed E-state index contributed by atoms with van der Waals surface area (Å²) in [6, 6.07) is 20.0. The molecule has 3 aromatic rings. The maximum absolute atomic E-state index is 13.2. The Morgan fingerprint density at radius 2 is 1.79 bits per heavy atom. The fraction of sp³-hybridized carbons (Fsp3) is 0.227. The Balaban J connectivity index is 1.75. The van der Waals surface area contributed by atoms with Gasteiger partial charge in [-0.3, -0.25) is 19.8 Å². The van der Waals surface area contributed by atoms with Gasteiger partial charge >= 0.3 is 0 Å². The number of amides is 1. The summed E-state index contributed by atoms with van der Waals surface area (Å²) in [5.74, 6) is -0.719. The van der Waals surface area contributed by atoms with Crippen LogP contribution in [-0.2, 0) is 10.3 Å². The van der Waals surface area contributed by atoms with Gasteiger partial charge in [-0.15, -0.1) is 0 Å². The number of nitrogens with one attached hydrogen (secondary N) is 1. The van der Waals surface area contributed by atoms with Crippen molar-refractivity contribution in [2.75, 3.05) is 18.9 Å². The summed E-state index contributed by atoms with van der Waals surface area (Å²) in [5, 5.41) is 17.3. The van der Waals surface area contributed by atoms with Gasteiger partial charge in [-0.05, 0) is 29.4 Å². The lowest BCUT2D eigenvalue weighted by Gasteiger charge is -2.30. The molecular formula is C22H19N3O3. The summed E-state index contributed by atoms with van der Waals surface area (Å²) in [6.45, 7) is 0.432. The maximum Gasteiger partial charge on any atom is 0.256 e. The van der Waals surface area contributed by atoms with Crippen LogP contribution in [0.5, 0.6) is 0 Å². The van der Waals surface area contributed by atoms with Crippen LogP contribution in [0.4, 0.5) is 5.69 Å². The highest BCUT2D eigenvalue weighted by Gasteiger charge is 2.68. The van der Waals surface area contributed by atoms with Crippen LogP contribution in [0.3, 0.4) is 0 Å². The highest BCUT2D eigenvalue weighted by Crippen LogP contribution is 2.52. The molecule has 140 valence electrons. The fourth-order valence-corrected chi connectivity index (χ4v) is 5.13. The largest absolute Gasteiger partial charge is 0.324 e. The second kappa shape index (κ2) is 5.87. The van der Waals surface area contributed by atoms with Crippen LogP contribution in [0.2, 0.25) is 0 Å². The van der Waals surface area contributed by atoms with Crippen molar-refractivity contribution < 1.29 is 9.72 Å². The number of fused-ring (bicyclic) bond motifs is 3. The van der Waals surface area contributed by atoms with E-state index < -0.39 is 17.5 Å². The Morgan fingerprint density at radius 3 is 2.61 bits per heavy atom. The van der Waals surface area contributed by atoms with E-state index >= 15 is 0 Å². The number of hydrogen-bond donors (Lipinski definition) is 1. The van der Waals surface area contributed by atoms with E-state index in [4.69, 9.17) is 0 Å². The number of likely N-dealkylation sites (N-methyl/N-ethyl adjacent to an activating group) is 1. The van der Waals surface area contributed by atoms with Crippen LogP contribution in [0, 0.1) is 10.1 Å². The van der Waals surface area contributed by atoms with Crippen LogP contribution < -0.4 is 5.32 Å². The molecule has 6 heteroatoms. The number of carbonyl (C=O) groups excluding carboxylic acids is 1. The van der Waals surface area contributed by atoms with Crippen LogP contribution in [0.25, 0.3) is 10.8 Å². The fourth-order valence-electron chi connectivity index (χ4n) is 5.13. The molecule has 5 rings (SSSR count). The van der Waals surface area contributed by atoms with Crippen molar-refractivity contribution in [2.24, 2.45) is 0 Å². The van der Waals surface area contributed by atoms with Gasteiger partial charge in [0.15, 0.2) is 5.54 Å². The molecule has 1 N–H and O–H groups in total. The third kappa shape index (κ3) is 2.03. The lowest BCUT2D eigenvalue weighted by Crippen LogP contribution is -2.54. The Morgan fingerprint density at radius 1 is 1.07 bits per heavy atom. The van der Waals surface area contributed by atoms with E-state index in [0.29, 0.717) is 17.8 Å². The molecule has 3 atom stereocenters. The molecule has 1 spiro atoms. The van der Waals surface area contributed by atoms with Gasteiger partial charge in [0, 0.05) is 22.7 Å². The molecule has 1 fully saturated rings. The van der Waals surface area contributed by atoms with E-state index in [0.717, 1.165) is 16.3 Å². The summed E-state index contributed by atoms with van der Waals surface area (Å²) < 4.78 is 0. The first-order valence-electron chi connectivity index (χ1n) is 9.28. The first kappa shape index (κ1) is 16.9. The SMILES string of the molecule is CN1C[C@H](c2cccc3ccccc23)[C@H]([N+](=O)[O-])[C@]12C(=O)Nc1ccccc12. The average Bonchev–Trinajstić information content (AvgIpc) is 3.17. The number of likely N-dealkylation sites (tertiary alicyclic amines) is 1. The number of carbonyl (C=O) groups is 1. The van der Waals surface area contributed by atoms with E-state index in [2.05, 4.69) is 5.32 Å². The van der Waals surface area contributed by atoms with Crippen molar-refractivity contribution in [1.29, 1.82) is 0 Å². The summed E-state index contributed by atoms with van der Waals surface area (Å²) in [7, 11) is 1.81. The molecule has 0 radical (unpaired) electrons. The molecular weight excluding hydrogens is 354 g/mol. The standard InChI is InChI=1S/C22H19N3O3/c1-24-13-17(16-10-6-8-14-7-2-3-9-15(14)16)20(25(27)28)22(24)18-11-4-5-12-19(18)23-21(22)26/h2-12,17,20H,13H2,1H3,(H,23,26)/t17-,20+,22-/m1/s1. The normalized spacial score (nSPS) is 26.5. The van der Waals surface area contributed by atoms with Crippen LogP contribution in [0.15, 0.2) is 66.7 Å². The zero-order valence-electron chi connectivity index (χ0n) is 15.3. The molecule has 6 nitrogen and oxygen atoms in total. The first-order valence-corrected chi connectivity index (χ1v) is 9.28. The van der Waals surface area contributed by atoms with Crippen LogP contribution in [-0.4, -0.2) is 35.4 Å². The second-order valence-corrected chi connectivity index (χ2v) is 7.55. The minimum absolute atomic E-state index is 0.266. The molecule has 1 saturated heterocycles. The van der Waals surface area contributed by atoms with Crippen molar-refractivity contribution in [3.05, 3.63) is 88.0 Å². The minimum atomic E-state index is -1.30. The van der Waals surface area contributed by atoms with Gasteiger partial charge in [0.2, 0.25) is 0 Å². The molecule has 2 heterocycles. The predicted octanol–water partition coefficient (Wildman–Crippen LogP) is 3.36. The van der Waals surface area contributed by atoms with Crippen LogP contribution >= 0.6 is 0 Å². The van der Waals surface area contributed by atoms with E-state index in [1.807, 2.05) is 72.6 Å². The Kier molecular flexibility index (Phi) is 3.54. The lowest BCUT2D eigenvalue weighted by atomic mass is 9.78. The minimum Gasteiger partial charge on any atom is -0.324 e.